The molecule has 0 unspecified atom stereocenters. The molecule has 0 aliphatic heterocycles. The summed E-state index contributed by atoms with van der Waals surface area (Å²) in [6.45, 7) is 2.69. The van der Waals surface area contributed by atoms with Crippen LogP contribution in [0.5, 0.6) is 0 Å². The molecule has 0 amide bonds. The third-order valence-corrected chi connectivity index (χ3v) is 3.50. The van der Waals surface area contributed by atoms with E-state index in [1.165, 1.54) is 0 Å². The van der Waals surface area contributed by atoms with E-state index in [2.05, 4.69) is 22.4 Å². The third-order valence-electron chi connectivity index (χ3n) is 3.50. The van der Waals surface area contributed by atoms with Crippen molar-refractivity contribution in [2.45, 2.75) is 13.5 Å². The van der Waals surface area contributed by atoms with Crippen LogP contribution in [0.3, 0.4) is 0 Å². The van der Waals surface area contributed by atoms with Crippen LogP contribution in [0, 0.1) is 18.3 Å². The Hall–Kier alpha value is -2.86. The summed E-state index contributed by atoms with van der Waals surface area (Å²) in [5.74, 6) is 0. The molecule has 0 radical (unpaired) electrons. The Labute approximate surface area is 123 Å². The van der Waals surface area contributed by atoms with E-state index in [1.54, 1.807) is 0 Å². The lowest BCUT2D eigenvalue weighted by atomic mass is 10.0. The molecular formula is C18H15N3. The van der Waals surface area contributed by atoms with Gasteiger partial charge in [-0.05, 0) is 30.7 Å². The fourth-order valence-corrected chi connectivity index (χ4v) is 2.35. The Morgan fingerprint density at radius 1 is 1.05 bits per heavy atom. The van der Waals surface area contributed by atoms with Gasteiger partial charge in [-0.3, -0.25) is 4.98 Å². The Morgan fingerprint density at radius 3 is 2.57 bits per heavy atom. The molecule has 0 atom stereocenters. The zero-order valence-corrected chi connectivity index (χ0v) is 11.8. The average Bonchev–Trinajstić information content (AvgIpc) is 2.54. The van der Waals surface area contributed by atoms with E-state index >= 15 is 0 Å². The lowest BCUT2D eigenvalue weighted by molar-refractivity contribution is 1.09. The average molecular weight is 273 g/mol. The predicted octanol–water partition coefficient (Wildman–Crippen LogP) is 4.03. The van der Waals surface area contributed by atoms with Crippen LogP contribution in [-0.2, 0) is 6.54 Å². The Bertz CT molecular complexity index is 814. The van der Waals surface area contributed by atoms with E-state index in [0.717, 1.165) is 27.7 Å². The molecule has 0 saturated heterocycles. The van der Waals surface area contributed by atoms with Gasteiger partial charge in [0, 0.05) is 34.9 Å². The maximum Gasteiger partial charge on any atom is 0.0998 e. The summed E-state index contributed by atoms with van der Waals surface area (Å²) >= 11 is 0. The molecule has 0 saturated carbocycles. The number of rotatable bonds is 3. The Balaban J connectivity index is 1.91. The smallest absolute Gasteiger partial charge is 0.0998 e. The van der Waals surface area contributed by atoms with Gasteiger partial charge in [-0.1, -0.05) is 30.3 Å². The number of benzene rings is 2. The van der Waals surface area contributed by atoms with Crippen molar-refractivity contribution in [3.05, 3.63) is 71.5 Å². The maximum atomic E-state index is 9.18. The van der Waals surface area contributed by atoms with Gasteiger partial charge >= 0.3 is 0 Å². The summed E-state index contributed by atoms with van der Waals surface area (Å²) < 4.78 is 0. The standard InChI is InChI=1S/C18H15N3/c1-13-6-7-14(11-20-13)12-21-18-9-8-15(10-19)16-4-2-3-5-17(16)18/h2-9,11,21H,12H2,1H3. The first-order valence-corrected chi connectivity index (χ1v) is 6.85. The van der Waals surface area contributed by atoms with Crippen molar-refractivity contribution < 1.29 is 0 Å². The Morgan fingerprint density at radius 2 is 1.86 bits per heavy atom. The number of hydrogen-bond donors (Lipinski definition) is 1. The van der Waals surface area contributed by atoms with Crippen LogP contribution in [0.1, 0.15) is 16.8 Å². The Kier molecular flexibility index (Phi) is 3.53. The number of pyridine rings is 1. The van der Waals surface area contributed by atoms with Gasteiger partial charge in [0.1, 0.15) is 0 Å². The van der Waals surface area contributed by atoms with Gasteiger partial charge in [0.2, 0.25) is 0 Å². The van der Waals surface area contributed by atoms with E-state index < -0.39 is 0 Å². The highest BCUT2D eigenvalue weighted by atomic mass is 14.9. The topological polar surface area (TPSA) is 48.7 Å². The lowest BCUT2D eigenvalue weighted by Gasteiger charge is -2.11. The number of aryl methyl sites for hydroxylation is 1. The van der Waals surface area contributed by atoms with Gasteiger partial charge in [0.25, 0.3) is 0 Å². The normalized spacial score (nSPS) is 10.3. The van der Waals surface area contributed by atoms with Crippen LogP contribution in [0.4, 0.5) is 5.69 Å². The van der Waals surface area contributed by atoms with Crippen molar-refractivity contribution in [1.82, 2.24) is 4.98 Å². The van der Waals surface area contributed by atoms with Crippen molar-refractivity contribution in [3.8, 4) is 6.07 Å². The molecule has 0 aliphatic carbocycles. The summed E-state index contributed by atoms with van der Waals surface area (Å²) in [5, 5.41) is 14.7. The molecule has 0 bridgehead atoms. The second-order valence-corrected chi connectivity index (χ2v) is 4.98. The number of aromatic nitrogens is 1. The predicted molar refractivity (Wildman–Crippen MR) is 85.0 cm³/mol. The number of nitriles is 1. The van der Waals surface area contributed by atoms with Crippen LogP contribution >= 0.6 is 0 Å². The van der Waals surface area contributed by atoms with Gasteiger partial charge in [0.05, 0.1) is 11.6 Å². The number of hydrogen-bond acceptors (Lipinski definition) is 3. The molecule has 21 heavy (non-hydrogen) atoms. The lowest BCUT2D eigenvalue weighted by Crippen LogP contribution is -2.01. The van der Waals surface area contributed by atoms with Crippen LogP contribution < -0.4 is 5.32 Å². The molecule has 0 aliphatic rings. The first-order chi connectivity index (χ1) is 10.3. The fraction of sp³-hybridized carbons (Fsp3) is 0.111. The zero-order valence-electron chi connectivity index (χ0n) is 11.8. The monoisotopic (exact) mass is 273 g/mol. The summed E-state index contributed by atoms with van der Waals surface area (Å²) in [5.41, 5.74) is 3.88. The number of nitrogens with zero attached hydrogens (tertiary/aromatic N) is 2. The van der Waals surface area contributed by atoms with Gasteiger partial charge in [-0.2, -0.15) is 5.26 Å². The minimum absolute atomic E-state index is 0.702. The summed E-state index contributed by atoms with van der Waals surface area (Å²) in [6.07, 6.45) is 1.88. The molecule has 3 heteroatoms. The first-order valence-electron chi connectivity index (χ1n) is 6.85. The highest BCUT2D eigenvalue weighted by Crippen LogP contribution is 2.26. The molecule has 0 fully saturated rings. The molecule has 3 aromatic rings. The largest absolute Gasteiger partial charge is 0.380 e. The molecule has 102 valence electrons. The third kappa shape index (κ3) is 2.70. The quantitative estimate of drug-likeness (QED) is 0.783. The van der Waals surface area contributed by atoms with E-state index in [4.69, 9.17) is 0 Å². The van der Waals surface area contributed by atoms with Crippen molar-refractivity contribution in [3.63, 3.8) is 0 Å². The van der Waals surface area contributed by atoms with E-state index in [0.29, 0.717) is 12.1 Å². The molecule has 3 rings (SSSR count). The maximum absolute atomic E-state index is 9.18. The van der Waals surface area contributed by atoms with Gasteiger partial charge < -0.3 is 5.32 Å². The van der Waals surface area contributed by atoms with Crippen LogP contribution in [0.25, 0.3) is 10.8 Å². The van der Waals surface area contributed by atoms with Crippen molar-refractivity contribution >= 4 is 16.5 Å². The van der Waals surface area contributed by atoms with Gasteiger partial charge in [-0.15, -0.1) is 0 Å². The summed E-state index contributed by atoms with van der Waals surface area (Å²) in [6, 6.07) is 18.1. The first kappa shape index (κ1) is 13.1. The van der Waals surface area contributed by atoms with Crippen molar-refractivity contribution in [1.29, 1.82) is 5.26 Å². The highest BCUT2D eigenvalue weighted by molar-refractivity contribution is 5.97. The van der Waals surface area contributed by atoms with Crippen molar-refractivity contribution in [2.75, 3.05) is 5.32 Å². The number of fused-ring (bicyclic) bond motifs is 1. The number of nitrogens with one attached hydrogen (secondary N) is 1. The summed E-state index contributed by atoms with van der Waals surface area (Å²) in [7, 11) is 0. The van der Waals surface area contributed by atoms with E-state index in [-0.39, 0.29) is 0 Å². The zero-order chi connectivity index (χ0) is 14.7. The minimum Gasteiger partial charge on any atom is -0.380 e. The van der Waals surface area contributed by atoms with Gasteiger partial charge in [0.15, 0.2) is 0 Å². The fourth-order valence-electron chi connectivity index (χ4n) is 2.35. The van der Waals surface area contributed by atoms with E-state index in [9.17, 15) is 5.26 Å². The highest BCUT2D eigenvalue weighted by Gasteiger charge is 2.05. The second-order valence-electron chi connectivity index (χ2n) is 4.98. The molecule has 1 heterocycles. The molecule has 1 N–H and O–H groups in total. The molecule has 0 spiro atoms. The van der Waals surface area contributed by atoms with Crippen LogP contribution in [0.15, 0.2) is 54.7 Å². The molecular weight excluding hydrogens is 258 g/mol. The van der Waals surface area contributed by atoms with Crippen LogP contribution in [-0.4, -0.2) is 4.98 Å². The van der Waals surface area contributed by atoms with Gasteiger partial charge in [-0.25, -0.2) is 0 Å². The molecule has 1 aromatic heterocycles. The van der Waals surface area contributed by atoms with Crippen LogP contribution in [0.2, 0.25) is 0 Å². The van der Waals surface area contributed by atoms with Crippen molar-refractivity contribution in [2.24, 2.45) is 0 Å². The van der Waals surface area contributed by atoms with E-state index in [1.807, 2.05) is 55.6 Å². The molecule has 3 nitrogen and oxygen atoms in total. The summed E-state index contributed by atoms with van der Waals surface area (Å²) in [4.78, 5) is 4.30. The second kappa shape index (κ2) is 5.64. The SMILES string of the molecule is Cc1ccc(CNc2ccc(C#N)c3ccccc23)cn1. The minimum atomic E-state index is 0.702. The molecule has 2 aromatic carbocycles. The number of anilines is 1.